The summed E-state index contributed by atoms with van der Waals surface area (Å²) in [6, 6.07) is 10.6. The Hall–Kier alpha value is -1.56. The lowest BCUT2D eigenvalue weighted by Crippen LogP contribution is -2.23. The summed E-state index contributed by atoms with van der Waals surface area (Å²) in [5.74, 6) is -1.28. The van der Waals surface area contributed by atoms with Gasteiger partial charge in [0.05, 0.1) is 4.90 Å². The normalized spacial score (nSPS) is 11.2. The van der Waals surface area contributed by atoms with Crippen molar-refractivity contribution in [3.8, 4) is 0 Å². The molecular formula is C15H13Cl2NO3S. The van der Waals surface area contributed by atoms with Crippen LogP contribution >= 0.6 is 23.2 Å². The second-order valence-corrected chi connectivity index (χ2v) is 7.56. The summed E-state index contributed by atoms with van der Waals surface area (Å²) in [7, 11) is -3.72. The molecule has 2 aromatic carbocycles. The maximum atomic E-state index is 12.1. The molecule has 0 fully saturated rings. The Balaban J connectivity index is 2.10. The Bertz CT molecular complexity index is 802. The molecule has 7 heteroatoms. The van der Waals surface area contributed by atoms with E-state index in [2.05, 4.69) is 5.32 Å². The highest BCUT2D eigenvalue weighted by atomic mass is 35.5. The number of benzene rings is 2. The van der Waals surface area contributed by atoms with Crippen molar-refractivity contribution in [1.82, 2.24) is 0 Å². The molecule has 0 bridgehead atoms. The van der Waals surface area contributed by atoms with Gasteiger partial charge in [-0.2, -0.15) is 0 Å². The minimum absolute atomic E-state index is 0.0500. The number of rotatable bonds is 4. The summed E-state index contributed by atoms with van der Waals surface area (Å²) >= 11 is 11.7. The van der Waals surface area contributed by atoms with Crippen LogP contribution in [0.25, 0.3) is 0 Å². The Morgan fingerprint density at radius 2 is 1.73 bits per heavy atom. The van der Waals surface area contributed by atoms with Gasteiger partial charge in [0, 0.05) is 15.7 Å². The van der Waals surface area contributed by atoms with Gasteiger partial charge in [-0.25, -0.2) is 8.42 Å². The molecule has 0 radical (unpaired) electrons. The number of halogens is 2. The number of anilines is 1. The number of hydrogen-bond acceptors (Lipinski definition) is 3. The van der Waals surface area contributed by atoms with Crippen molar-refractivity contribution in [2.24, 2.45) is 0 Å². The molecule has 0 unspecified atom stereocenters. The van der Waals surface area contributed by atoms with Gasteiger partial charge in [-0.05, 0) is 48.9 Å². The van der Waals surface area contributed by atoms with Crippen molar-refractivity contribution in [2.75, 3.05) is 11.1 Å². The SMILES string of the molecule is Cc1ccc(NC(=O)CS(=O)(=O)c2ccc(Cl)cc2)cc1Cl. The van der Waals surface area contributed by atoms with Gasteiger partial charge >= 0.3 is 0 Å². The molecule has 0 heterocycles. The number of amides is 1. The van der Waals surface area contributed by atoms with E-state index in [4.69, 9.17) is 23.2 Å². The summed E-state index contributed by atoms with van der Waals surface area (Å²) in [6.07, 6.45) is 0. The molecule has 4 nitrogen and oxygen atoms in total. The Kier molecular flexibility index (Phi) is 5.11. The molecule has 0 aromatic heterocycles. The van der Waals surface area contributed by atoms with Crippen LogP contribution < -0.4 is 5.32 Å². The largest absolute Gasteiger partial charge is 0.325 e. The quantitative estimate of drug-likeness (QED) is 0.906. The maximum absolute atomic E-state index is 12.1. The van der Waals surface area contributed by atoms with Crippen molar-refractivity contribution in [3.63, 3.8) is 0 Å². The predicted molar refractivity (Wildman–Crippen MR) is 88.3 cm³/mol. The lowest BCUT2D eigenvalue weighted by molar-refractivity contribution is -0.113. The van der Waals surface area contributed by atoms with Gasteiger partial charge in [0.15, 0.2) is 9.84 Å². The summed E-state index contributed by atoms with van der Waals surface area (Å²) in [5.41, 5.74) is 1.32. The van der Waals surface area contributed by atoms with E-state index in [0.29, 0.717) is 15.7 Å². The molecule has 0 spiro atoms. The van der Waals surface area contributed by atoms with Crippen molar-refractivity contribution >= 4 is 44.6 Å². The van der Waals surface area contributed by atoms with Gasteiger partial charge in [0.25, 0.3) is 0 Å². The summed E-state index contributed by atoms with van der Waals surface area (Å²) in [6.45, 7) is 1.83. The van der Waals surface area contributed by atoms with Crippen LogP contribution in [0.1, 0.15) is 5.56 Å². The van der Waals surface area contributed by atoms with Crippen LogP contribution in [0.5, 0.6) is 0 Å². The summed E-state index contributed by atoms with van der Waals surface area (Å²) in [5, 5.41) is 3.45. The number of carbonyl (C=O) groups excluding carboxylic acids is 1. The van der Waals surface area contributed by atoms with Crippen molar-refractivity contribution < 1.29 is 13.2 Å². The van der Waals surface area contributed by atoms with Crippen molar-refractivity contribution in [2.45, 2.75) is 11.8 Å². The van der Waals surface area contributed by atoms with Gasteiger partial charge in [-0.1, -0.05) is 29.3 Å². The first-order valence-electron chi connectivity index (χ1n) is 6.32. The molecular weight excluding hydrogens is 345 g/mol. The average Bonchev–Trinajstić information content (AvgIpc) is 2.42. The van der Waals surface area contributed by atoms with Crippen LogP contribution in [0.15, 0.2) is 47.4 Å². The van der Waals surface area contributed by atoms with Crippen LogP contribution in [0, 0.1) is 6.92 Å². The second-order valence-electron chi connectivity index (χ2n) is 4.73. The van der Waals surface area contributed by atoms with Gasteiger partial charge in [0.2, 0.25) is 5.91 Å². The van der Waals surface area contributed by atoms with E-state index < -0.39 is 21.5 Å². The predicted octanol–water partition coefficient (Wildman–Crippen LogP) is 3.71. The number of sulfone groups is 1. The van der Waals surface area contributed by atoms with Crippen molar-refractivity contribution in [3.05, 3.63) is 58.1 Å². The van der Waals surface area contributed by atoms with E-state index in [9.17, 15) is 13.2 Å². The molecule has 2 aromatic rings. The van der Waals surface area contributed by atoms with Gasteiger partial charge in [-0.3, -0.25) is 4.79 Å². The third-order valence-electron chi connectivity index (χ3n) is 2.95. The summed E-state index contributed by atoms with van der Waals surface area (Å²) < 4.78 is 24.3. The number of hydrogen-bond donors (Lipinski definition) is 1. The van der Waals surface area contributed by atoms with E-state index in [1.54, 1.807) is 18.2 Å². The lowest BCUT2D eigenvalue weighted by atomic mass is 10.2. The summed E-state index contributed by atoms with van der Waals surface area (Å²) in [4.78, 5) is 12.0. The molecule has 116 valence electrons. The first-order chi connectivity index (χ1) is 10.3. The molecule has 0 aliphatic rings. The highest BCUT2D eigenvalue weighted by molar-refractivity contribution is 7.92. The fraction of sp³-hybridized carbons (Fsp3) is 0.133. The van der Waals surface area contributed by atoms with Gasteiger partial charge in [0.1, 0.15) is 5.75 Å². The van der Waals surface area contributed by atoms with E-state index in [1.807, 2.05) is 6.92 Å². The second kappa shape index (κ2) is 6.69. The fourth-order valence-corrected chi connectivity index (χ4v) is 3.21. The highest BCUT2D eigenvalue weighted by Crippen LogP contribution is 2.20. The van der Waals surface area contributed by atoms with Crippen LogP contribution in [0.4, 0.5) is 5.69 Å². The molecule has 2 rings (SSSR count). The molecule has 0 atom stereocenters. The number of carbonyl (C=O) groups is 1. The number of aryl methyl sites for hydroxylation is 1. The third kappa shape index (κ3) is 4.22. The standard InChI is InChI=1S/C15H13Cl2NO3S/c1-10-2-5-12(8-14(10)17)18-15(19)9-22(20,21)13-6-3-11(16)4-7-13/h2-8H,9H2,1H3,(H,18,19). The van der Waals surface area contributed by atoms with E-state index in [-0.39, 0.29) is 4.90 Å². The van der Waals surface area contributed by atoms with Crippen molar-refractivity contribution in [1.29, 1.82) is 0 Å². The molecule has 1 amide bonds. The number of nitrogens with one attached hydrogen (secondary N) is 1. The first-order valence-corrected chi connectivity index (χ1v) is 8.73. The van der Waals surface area contributed by atoms with E-state index in [0.717, 1.165) is 5.56 Å². The monoisotopic (exact) mass is 357 g/mol. The van der Waals surface area contributed by atoms with E-state index in [1.165, 1.54) is 24.3 Å². The average molecular weight is 358 g/mol. The van der Waals surface area contributed by atoms with Gasteiger partial charge < -0.3 is 5.32 Å². The molecule has 22 heavy (non-hydrogen) atoms. The van der Waals surface area contributed by atoms with Crippen LogP contribution in [0.2, 0.25) is 10.0 Å². The lowest BCUT2D eigenvalue weighted by Gasteiger charge is -2.08. The zero-order chi connectivity index (χ0) is 16.3. The van der Waals surface area contributed by atoms with Crippen LogP contribution in [-0.4, -0.2) is 20.1 Å². The maximum Gasteiger partial charge on any atom is 0.239 e. The van der Waals surface area contributed by atoms with Crippen LogP contribution in [-0.2, 0) is 14.6 Å². The smallest absolute Gasteiger partial charge is 0.239 e. The zero-order valence-electron chi connectivity index (χ0n) is 11.6. The Morgan fingerprint density at radius 3 is 2.32 bits per heavy atom. The minimum atomic E-state index is -3.72. The van der Waals surface area contributed by atoms with Crippen LogP contribution in [0.3, 0.4) is 0 Å². The molecule has 0 saturated heterocycles. The Labute approximate surface area is 139 Å². The fourth-order valence-electron chi connectivity index (χ4n) is 1.77. The van der Waals surface area contributed by atoms with Gasteiger partial charge in [-0.15, -0.1) is 0 Å². The molecule has 1 N–H and O–H groups in total. The molecule has 0 aliphatic heterocycles. The van der Waals surface area contributed by atoms with E-state index >= 15 is 0 Å². The zero-order valence-corrected chi connectivity index (χ0v) is 14.0. The minimum Gasteiger partial charge on any atom is -0.325 e. The first kappa shape index (κ1) is 16.8. The molecule has 0 aliphatic carbocycles. The highest BCUT2D eigenvalue weighted by Gasteiger charge is 2.19. The Morgan fingerprint density at radius 1 is 1.09 bits per heavy atom. The molecule has 0 saturated carbocycles. The third-order valence-corrected chi connectivity index (χ3v) is 5.24. The topological polar surface area (TPSA) is 63.2 Å².